The van der Waals surface area contributed by atoms with Crippen molar-refractivity contribution in [3.63, 3.8) is 0 Å². The van der Waals surface area contributed by atoms with Crippen LogP contribution < -0.4 is 11.1 Å². The lowest BCUT2D eigenvalue weighted by Crippen LogP contribution is -2.29. The number of thioether (sulfide) groups is 1. The largest absolute Gasteiger partial charge is 0.298 e. The van der Waals surface area contributed by atoms with E-state index in [4.69, 9.17) is 23.2 Å². The fourth-order valence-electron chi connectivity index (χ4n) is 3.68. The first kappa shape index (κ1) is 32.9. The molecule has 0 N–H and O–H groups in total. The van der Waals surface area contributed by atoms with Crippen LogP contribution >= 0.6 is 35.0 Å². The van der Waals surface area contributed by atoms with E-state index in [2.05, 4.69) is 9.97 Å². The third-order valence-corrected chi connectivity index (χ3v) is 7.66. The van der Waals surface area contributed by atoms with E-state index in [1.165, 1.54) is 42.3 Å². The van der Waals surface area contributed by atoms with E-state index >= 15 is 0 Å². The average Bonchev–Trinajstić information content (AvgIpc) is 2.91. The second kappa shape index (κ2) is 14.1. The third kappa shape index (κ3) is 8.71. The van der Waals surface area contributed by atoms with E-state index < -0.39 is 20.6 Å². The van der Waals surface area contributed by atoms with Crippen molar-refractivity contribution in [3.05, 3.63) is 91.4 Å². The average molecular weight is 650 g/mol. The minimum Gasteiger partial charge on any atom is -0.298 e. The molecule has 220 valence electrons. The molecule has 2 heterocycles. The van der Waals surface area contributed by atoms with Crippen molar-refractivity contribution in [3.8, 4) is 22.5 Å². The van der Waals surface area contributed by atoms with Crippen molar-refractivity contribution < 1.29 is 18.0 Å². The Balaban J connectivity index is 0.000000231. The normalized spacial score (nSPS) is 11.0. The fourth-order valence-corrected chi connectivity index (χ4v) is 5.32. The third-order valence-electron chi connectivity index (χ3n) is 5.50. The highest BCUT2D eigenvalue weighted by atomic mass is 35.5. The summed E-state index contributed by atoms with van der Waals surface area (Å²) in [5.41, 5.74) is 1.33. The predicted molar refractivity (Wildman–Crippen MR) is 164 cm³/mol. The molecule has 0 bridgehead atoms. The molecular weight excluding hydrogens is 623 g/mol. The molecule has 4 aromatic rings. The summed E-state index contributed by atoms with van der Waals surface area (Å²) in [4.78, 5) is 55.2. The Kier molecular flexibility index (Phi) is 11.0. The van der Waals surface area contributed by atoms with Gasteiger partial charge in [-0.15, -0.1) is 0 Å². The molecule has 0 atom stereocenters. The van der Waals surface area contributed by atoms with Crippen molar-refractivity contribution in [2.24, 2.45) is 0 Å². The van der Waals surface area contributed by atoms with Gasteiger partial charge in [-0.05, 0) is 44.4 Å². The highest BCUT2D eigenvalue weighted by molar-refractivity contribution is 7.98. The molecule has 0 unspecified atom stereocenters. The SMILES string of the molecule is CC(=O)Cn1c(S(C)(=O)=O)nc(-c2ccc(Cl)cc2)cc1=O.CSc1nc(-c2ccc(Cl)cc2)cc(=O)n1CC(C)=O. The molecule has 0 aliphatic heterocycles. The number of sulfone groups is 1. The Morgan fingerprint density at radius 3 is 1.57 bits per heavy atom. The van der Waals surface area contributed by atoms with Gasteiger partial charge in [-0.25, -0.2) is 18.4 Å². The molecule has 0 amide bonds. The molecule has 0 aliphatic carbocycles. The lowest BCUT2D eigenvalue weighted by molar-refractivity contribution is -0.118. The number of rotatable bonds is 8. The van der Waals surface area contributed by atoms with Crippen LogP contribution in [0.5, 0.6) is 0 Å². The number of hydrogen-bond donors (Lipinski definition) is 0. The molecular formula is C28H26Cl2N4O6S2. The van der Waals surface area contributed by atoms with Crippen LogP contribution in [0.15, 0.2) is 80.6 Å². The van der Waals surface area contributed by atoms with Gasteiger partial charge in [0.15, 0.2) is 5.16 Å². The van der Waals surface area contributed by atoms with Crippen LogP contribution in [0.2, 0.25) is 10.0 Å². The Hall–Kier alpha value is -3.58. The van der Waals surface area contributed by atoms with Crippen molar-refractivity contribution in [2.45, 2.75) is 37.2 Å². The summed E-state index contributed by atoms with van der Waals surface area (Å²) in [7, 11) is -3.77. The number of aromatic nitrogens is 4. The molecule has 0 saturated heterocycles. The summed E-state index contributed by atoms with van der Waals surface area (Å²) < 4.78 is 26.0. The van der Waals surface area contributed by atoms with E-state index in [-0.39, 0.29) is 35.9 Å². The molecule has 4 rings (SSSR count). The van der Waals surface area contributed by atoms with Crippen LogP contribution in [-0.4, -0.2) is 51.6 Å². The van der Waals surface area contributed by atoms with Gasteiger partial charge in [-0.1, -0.05) is 59.2 Å². The second-order valence-corrected chi connectivity index (χ2v) is 12.6. The molecule has 0 aliphatic rings. The van der Waals surface area contributed by atoms with Crippen LogP contribution in [0.4, 0.5) is 0 Å². The maximum absolute atomic E-state index is 12.2. The quantitative estimate of drug-likeness (QED) is 0.200. The molecule has 2 aromatic heterocycles. The first-order chi connectivity index (χ1) is 19.7. The zero-order valence-electron chi connectivity index (χ0n) is 23.0. The minimum atomic E-state index is -3.77. The van der Waals surface area contributed by atoms with Gasteiger partial charge < -0.3 is 0 Å². The molecule has 0 radical (unpaired) electrons. The first-order valence-electron chi connectivity index (χ1n) is 12.2. The predicted octanol–water partition coefficient (Wildman–Crippen LogP) is 4.43. The van der Waals surface area contributed by atoms with Gasteiger partial charge in [0.05, 0.1) is 24.5 Å². The smallest absolute Gasteiger partial charge is 0.255 e. The number of Topliss-reactive ketones (excluding diaryl/α,β-unsaturated/α-hetero) is 2. The fraction of sp³-hybridized carbons (Fsp3) is 0.214. The summed E-state index contributed by atoms with van der Waals surface area (Å²) in [5, 5.41) is 1.23. The van der Waals surface area contributed by atoms with E-state index in [0.717, 1.165) is 16.4 Å². The summed E-state index contributed by atoms with van der Waals surface area (Å²) in [6.45, 7) is 2.42. The maximum atomic E-state index is 12.2. The Bertz CT molecular complexity index is 1850. The Morgan fingerprint density at radius 2 is 1.17 bits per heavy atom. The van der Waals surface area contributed by atoms with E-state index in [1.807, 2.05) is 18.4 Å². The monoisotopic (exact) mass is 648 g/mol. The number of carbonyl (C=O) groups excluding carboxylic acids is 2. The molecule has 42 heavy (non-hydrogen) atoms. The van der Waals surface area contributed by atoms with Crippen molar-refractivity contribution >= 4 is 56.4 Å². The van der Waals surface area contributed by atoms with Crippen molar-refractivity contribution in [2.75, 3.05) is 12.5 Å². The second-order valence-electron chi connectivity index (χ2n) is 9.09. The van der Waals surface area contributed by atoms with Crippen LogP contribution in [0.1, 0.15) is 13.8 Å². The minimum absolute atomic E-state index is 0.0445. The summed E-state index contributed by atoms with van der Waals surface area (Å²) >= 11 is 13.0. The zero-order valence-corrected chi connectivity index (χ0v) is 26.1. The molecule has 14 heteroatoms. The number of ketones is 2. The number of halogens is 2. The number of benzene rings is 2. The van der Waals surface area contributed by atoms with E-state index in [0.29, 0.717) is 26.5 Å². The van der Waals surface area contributed by atoms with Crippen molar-refractivity contribution in [1.29, 1.82) is 0 Å². The first-order valence-corrected chi connectivity index (χ1v) is 16.1. The van der Waals surface area contributed by atoms with Gasteiger partial charge in [0, 0.05) is 39.6 Å². The van der Waals surface area contributed by atoms with Crippen LogP contribution in [-0.2, 0) is 32.5 Å². The lowest BCUT2D eigenvalue weighted by Gasteiger charge is -2.11. The van der Waals surface area contributed by atoms with Gasteiger partial charge in [0.1, 0.15) is 11.6 Å². The van der Waals surface area contributed by atoms with Crippen LogP contribution in [0.3, 0.4) is 0 Å². The number of nitrogens with zero attached hydrogens (tertiary/aromatic N) is 4. The van der Waals surface area contributed by atoms with Crippen LogP contribution in [0, 0.1) is 0 Å². The van der Waals surface area contributed by atoms with Gasteiger partial charge in [0.25, 0.3) is 11.1 Å². The number of hydrogen-bond acceptors (Lipinski definition) is 9. The van der Waals surface area contributed by atoms with E-state index in [9.17, 15) is 27.6 Å². The van der Waals surface area contributed by atoms with Gasteiger partial charge in [-0.3, -0.25) is 28.3 Å². The molecule has 2 aromatic carbocycles. The van der Waals surface area contributed by atoms with Crippen molar-refractivity contribution in [1.82, 2.24) is 19.1 Å². The summed E-state index contributed by atoms with van der Waals surface area (Å²) in [6.07, 6.45) is 2.76. The highest BCUT2D eigenvalue weighted by Gasteiger charge is 2.19. The molecule has 0 spiro atoms. The summed E-state index contributed by atoms with van der Waals surface area (Å²) in [5.74, 6) is -0.420. The number of carbonyl (C=O) groups is 2. The molecule has 10 nitrogen and oxygen atoms in total. The Morgan fingerprint density at radius 1 is 0.762 bits per heavy atom. The topological polar surface area (TPSA) is 138 Å². The van der Waals surface area contributed by atoms with Crippen LogP contribution in [0.25, 0.3) is 22.5 Å². The Labute approximate surface area is 256 Å². The van der Waals surface area contributed by atoms with Gasteiger partial charge in [0.2, 0.25) is 15.0 Å². The van der Waals surface area contributed by atoms with Gasteiger partial charge in [-0.2, -0.15) is 0 Å². The maximum Gasteiger partial charge on any atom is 0.255 e. The summed E-state index contributed by atoms with van der Waals surface area (Å²) in [6, 6.07) is 16.2. The highest BCUT2D eigenvalue weighted by Crippen LogP contribution is 2.22. The van der Waals surface area contributed by atoms with E-state index in [1.54, 1.807) is 36.4 Å². The molecule has 0 fully saturated rings. The lowest BCUT2D eigenvalue weighted by atomic mass is 10.1. The van der Waals surface area contributed by atoms with Gasteiger partial charge >= 0.3 is 0 Å². The molecule has 0 saturated carbocycles. The zero-order chi connectivity index (χ0) is 31.2. The standard InChI is InChI=1S/C14H13ClN2O4S.C14H13ClN2O2S/c1-9(18)8-17-13(19)7-12(16-14(17)22(2,20)21)10-3-5-11(15)6-4-10;1-9(18)8-17-13(19)7-12(16-14(17)20-2)10-3-5-11(15)6-4-10/h3-7H,8H2,1-2H3;3-7H,8H2,1-2H3.